The summed E-state index contributed by atoms with van der Waals surface area (Å²) in [4.78, 5) is 21.5. The normalized spacial score (nSPS) is 13.0. The van der Waals surface area contributed by atoms with E-state index in [0.29, 0.717) is 12.3 Å². The molecule has 0 saturated heterocycles. The fourth-order valence-corrected chi connectivity index (χ4v) is 2.74. The van der Waals surface area contributed by atoms with E-state index in [1.54, 1.807) is 0 Å². The van der Waals surface area contributed by atoms with Crippen LogP contribution in [0.3, 0.4) is 0 Å². The van der Waals surface area contributed by atoms with Gasteiger partial charge in [0.15, 0.2) is 0 Å². The van der Waals surface area contributed by atoms with E-state index in [0.717, 1.165) is 18.9 Å². The Kier molecular flexibility index (Phi) is 13.5. The highest BCUT2D eigenvalue weighted by atomic mass is 16.4. The monoisotopic (exact) mass is 326 g/mol. The molecule has 0 aliphatic rings. The van der Waals surface area contributed by atoms with Crippen molar-refractivity contribution >= 4 is 11.9 Å². The maximum atomic E-state index is 10.9. The van der Waals surface area contributed by atoms with Crippen molar-refractivity contribution in [3.63, 3.8) is 0 Å². The molecule has 1 atom stereocenters. The van der Waals surface area contributed by atoms with Crippen LogP contribution >= 0.6 is 0 Å². The maximum absolute atomic E-state index is 10.9. The largest absolute Gasteiger partial charge is 0.478 e. The summed E-state index contributed by atoms with van der Waals surface area (Å²) in [7, 11) is 0. The molecule has 134 valence electrons. The fraction of sp³-hybridized carbons (Fsp3) is 0.789. The number of carboxylic acids is 2. The molecule has 0 spiro atoms. The van der Waals surface area contributed by atoms with Gasteiger partial charge < -0.3 is 10.2 Å². The van der Waals surface area contributed by atoms with Gasteiger partial charge >= 0.3 is 11.9 Å². The third kappa shape index (κ3) is 14.0. The zero-order valence-corrected chi connectivity index (χ0v) is 14.9. The van der Waals surface area contributed by atoms with Gasteiger partial charge in [-0.2, -0.15) is 0 Å². The predicted molar refractivity (Wildman–Crippen MR) is 93.6 cm³/mol. The highest BCUT2D eigenvalue weighted by Gasteiger charge is 2.11. The molecule has 0 aromatic heterocycles. The molecule has 0 aromatic rings. The van der Waals surface area contributed by atoms with Crippen LogP contribution in [-0.4, -0.2) is 22.2 Å². The second-order valence-corrected chi connectivity index (χ2v) is 6.57. The van der Waals surface area contributed by atoms with Crippen LogP contribution in [0.4, 0.5) is 0 Å². The van der Waals surface area contributed by atoms with E-state index >= 15 is 0 Å². The second-order valence-electron chi connectivity index (χ2n) is 6.57. The molecule has 0 heterocycles. The van der Waals surface area contributed by atoms with Crippen molar-refractivity contribution in [2.45, 2.75) is 90.9 Å². The first-order valence-electron chi connectivity index (χ1n) is 9.14. The fourth-order valence-electron chi connectivity index (χ4n) is 2.74. The zero-order chi connectivity index (χ0) is 17.5. The van der Waals surface area contributed by atoms with Gasteiger partial charge in [-0.05, 0) is 18.8 Å². The Hall–Kier alpha value is -1.32. The molecular formula is C19H34O4. The van der Waals surface area contributed by atoms with Gasteiger partial charge in [0.1, 0.15) is 0 Å². The van der Waals surface area contributed by atoms with Crippen LogP contribution < -0.4 is 0 Å². The lowest BCUT2D eigenvalue weighted by atomic mass is 9.95. The highest BCUT2D eigenvalue weighted by molar-refractivity contribution is 5.94. The van der Waals surface area contributed by atoms with Crippen molar-refractivity contribution in [3.05, 3.63) is 11.6 Å². The van der Waals surface area contributed by atoms with Crippen molar-refractivity contribution in [1.29, 1.82) is 0 Å². The van der Waals surface area contributed by atoms with Gasteiger partial charge in [0.2, 0.25) is 0 Å². The van der Waals surface area contributed by atoms with Crippen LogP contribution in [0.25, 0.3) is 0 Å². The minimum atomic E-state index is -1.19. The average molecular weight is 326 g/mol. The standard InChI is InChI=1S/C19H34O4/c1-3-4-5-6-7-8-9-10-11-12-16(2)13-14-17(19(22)23)15-18(20)21/h15-16H,3-14H2,1-2H3,(H,20,21)(H,22,23)/b17-15-. The van der Waals surface area contributed by atoms with Crippen molar-refractivity contribution in [1.82, 2.24) is 0 Å². The van der Waals surface area contributed by atoms with E-state index in [2.05, 4.69) is 13.8 Å². The van der Waals surface area contributed by atoms with E-state index in [9.17, 15) is 9.59 Å². The lowest BCUT2D eigenvalue weighted by molar-refractivity contribution is -0.135. The summed E-state index contributed by atoms with van der Waals surface area (Å²) in [6.07, 6.45) is 14.7. The van der Waals surface area contributed by atoms with Gasteiger partial charge in [-0.3, -0.25) is 0 Å². The Morgan fingerprint density at radius 2 is 1.39 bits per heavy atom. The van der Waals surface area contributed by atoms with Crippen molar-refractivity contribution in [2.24, 2.45) is 5.92 Å². The molecule has 4 heteroatoms. The zero-order valence-electron chi connectivity index (χ0n) is 14.9. The van der Waals surface area contributed by atoms with E-state index in [4.69, 9.17) is 10.2 Å². The predicted octanol–water partition coefficient (Wildman–Crippen LogP) is 5.42. The number of unbranched alkanes of at least 4 members (excludes halogenated alkanes) is 8. The van der Waals surface area contributed by atoms with Crippen molar-refractivity contribution < 1.29 is 19.8 Å². The molecule has 0 aliphatic heterocycles. The molecule has 0 fully saturated rings. The van der Waals surface area contributed by atoms with Crippen molar-refractivity contribution in [2.75, 3.05) is 0 Å². The summed E-state index contributed by atoms with van der Waals surface area (Å²) >= 11 is 0. The molecule has 2 N–H and O–H groups in total. The third-order valence-corrected chi connectivity index (χ3v) is 4.28. The Balaban J connectivity index is 3.65. The summed E-state index contributed by atoms with van der Waals surface area (Å²) in [6.45, 7) is 4.35. The van der Waals surface area contributed by atoms with Crippen LogP contribution in [0.2, 0.25) is 0 Å². The number of aliphatic carboxylic acids is 2. The smallest absolute Gasteiger partial charge is 0.331 e. The maximum Gasteiger partial charge on any atom is 0.331 e. The number of hydrogen-bond donors (Lipinski definition) is 2. The molecular weight excluding hydrogens is 292 g/mol. The SMILES string of the molecule is CCCCCCCCCCCC(C)CC/C(=C/C(=O)O)C(=O)O. The van der Waals surface area contributed by atoms with Gasteiger partial charge in [-0.15, -0.1) is 0 Å². The molecule has 0 saturated carbocycles. The van der Waals surface area contributed by atoms with Crippen LogP contribution in [0.15, 0.2) is 11.6 Å². The topological polar surface area (TPSA) is 74.6 Å². The molecule has 0 radical (unpaired) electrons. The average Bonchev–Trinajstić information content (AvgIpc) is 2.49. The van der Waals surface area contributed by atoms with E-state index in [1.807, 2.05) is 0 Å². The molecule has 1 unspecified atom stereocenters. The van der Waals surface area contributed by atoms with E-state index in [1.165, 1.54) is 57.8 Å². The van der Waals surface area contributed by atoms with Gasteiger partial charge in [0.05, 0.1) is 0 Å². The minimum Gasteiger partial charge on any atom is -0.478 e. The highest BCUT2D eigenvalue weighted by Crippen LogP contribution is 2.19. The van der Waals surface area contributed by atoms with Crippen LogP contribution in [0.5, 0.6) is 0 Å². The minimum absolute atomic E-state index is 0.00331. The van der Waals surface area contributed by atoms with E-state index < -0.39 is 11.9 Å². The third-order valence-electron chi connectivity index (χ3n) is 4.28. The molecule has 0 aliphatic carbocycles. The molecule has 4 nitrogen and oxygen atoms in total. The van der Waals surface area contributed by atoms with Gasteiger partial charge in [-0.1, -0.05) is 78.1 Å². The molecule has 0 rings (SSSR count). The first-order chi connectivity index (χ1) is 11.0. The molecule has 23 heavy (non-hydrogen) atoms. The Morgan fingerprint density at radius 3 is 1.87 bits per heavy atom. The van der Waals surface area contributed by atoms with Crippen LogP contribution in [-0.2, 0) is 9.59 Å². The van der Waals surface area contributed by atoms with E-state index in [-0.39, 0.29) is 5.57 Å². The summed E-state index contributed by atoms with van der Waals surface area (Å²) in [5, 5.41) is 17.6. The summed E-state index contributed by atoms with van der Waals surface area (Å²) in [6, 6.07) is 0. The van der Waals surface area contributed by atoms with Crippen molar-refractivity contribution in [3.8, 4) is 0 Å². The summed E-state index contributed by atoms with van der Waals surface area (Å²) in [5.74, 6) is -1.87. The number of rotatable bonds is 15. The first kappa shape index (κ1) is 21.7. The van der Waals surface area contributed by atoms with Gasteiger partial charge in [-0.25, -0.2) is 9.59 Å². The Bertz CT molecular complexity index is 360. The van der Waals surface area contributed by atoms with Crippen LogP contribution in [0, 0.1) is 5.92 Å². The lowest BCUT2D eigenvalue weighted by Crippen LogP contribution is -2.06. The summed E-state index contributed by atoms with van der Waals surface area (Å²) < 4.78 is 0. The first-order valence-corrected chi connectivity index (χ1v) is 9.14. The number of carbonyl (C=O) groups is 2. The second kappa shape index (κ2) is 14.3. The summed E-state index contributed by atoms with van der Waals surface area (Å²) in [5.41, 5.74) is -0.00331. The quantitative estimate of drug-likeness (QED) is 0.311. The van der Waals surface area contributed by atoms with Gasteiger partial charge in [0.25, 0.3) is 0 Å². The molecule has 0 aromatic carbocycles. The Labute approximate surface area is 141 Å². The lowest BCUT2D eigenvalue weighted by Gasteiger charge is -2.11. The number of hydrogen-bond acceptors (Lipinski definition) is 2. The Morgan fingerprint density at radius 1 is 0.870 bits per heavy atom. The van der Waals surface area contributed by atoms with Gasteiger partial charge in [0, 0.05) is 11.6 Å². The van der Waals surface area contributed by atoms with Crippen LogP contribution in [0.1, 0.15) is 90.9 Å². The molecule has 0 amide bonds. The molecule has 0 bridgehead atoms. The number of carboxylic acid groups (broad SMARTS) is 2.